The Balaban J connectivity index is 0.000000347. The fraction of sp³-hybridized carbons (Fsp3) is 0.533. The topological polar surface area (TPSA) is 100 Å². The Hall–Kier alpha value is -2.11. The second kappa shape index (κ2) is 8.14. The van der Waals surface area contributed by atoms with Crippen LogP contribution in [0.2, 0.25) is 0 Å². The smallest absolute Gasteiger partial charge is 0.102 e. The second-order valence-electron chi connectivity index (χ2n) is 4.63. The molecule has 0 bridgehead atoms. The molecule has 0 spiro atoms. The molecule has 5 heteroatoms. The predicted octanol–water partition coefficient (Wildman–Crippen LogP) is 0.367. The average molecular weight is 272 g/mol. The van der Waals surface area contributed by atoms with Crippen LogP contribution in [0.5, 0.6) is 5.88 Å². The Bertz CT molecular complexity index is 538. The van der Waals surface area contributed by atoms with Crippen LogP contribution in [0.1, 0.15) is 49.1 Å². The lowest BCUT2D eigenvalue weighted by Gasteiger charge is -2.20. The molecule has 0 fully saturated rings. The number of rotatable bonds is 2. The Labute approximate surface area is 119 Å². The van der Waals surface area contributed by atoms with Crippen molar-refractivity contribution in [2.24, 2.45) is 0 Å². The molecule has 0 saturated heterocycles. The van der Waals surface area contributed by atoms with Gasteiger partial charge in [-0.15, -0.1) is 0 Å². The van der Waals surface area contributed by atoms with Crippen molar-refractivity contribution >= 4 is 0 Å². The summed E-state index contributed by atoms with van der Waals surface area (Å²) >= 11 is 0. The standard InChI is InChI=1S/C11H9N3O.C4H11N/c12-5-8-7-3-1-2-4-10(7)14-11(15)9(8)6-13;1-3-5-4-2/h1-4H2,(H,14,15);5H,3-4H2,1-2H3. The molecule has 106 valence electrons. The highest BCUT2D eigenvalue weighted by molar-refractivity contribution is 5.56. The Morgan fingerprint density at radius 1 is 1.10 bits per heavy atom. The van der Waals surface area contributed by atoms with E-state index in [9.17, 15) is 5.11 Å². The van der Waals surface area contributed by atoms with E-state index >= 15 is 0 Å². The van der Waals surface area contributed by atoms with Crippen molar-refractivity contribution < 1.29 is 10.4 Å². The summed E-state index contributed by atoms with van der Waals surface area (Å²) in [4.78, 5) is 3.86. The SMILES string of the molecule is CC[NH2+]CC.N#Cc1c([O-])nc2c(c1C#N)CCCC2. The van der Waals surface area contributed by atoms with E-state index in [-0.39, 0.29) is 11.1 Å². The third-order valence-electron chi connectivity index (χ3n) is 3.24. The summed E-state index contributed by atoms with van der Waals surface area (Å²) in [6.07, 6.45) is 3.48. The molecule has 1 aromatic rings. The van der Waals surface area contributed by atoms with Crippen LogP contribution in [-0.4, -0.2) is 18.1 Å². The first kappa shape index (κ1) is 15.9. The summed E-state index contributed by atoms with van der Waals surface area (Å²) < 4.78 is 0. The molecule has 20 heavy (non-hydrogen) atoms. The number of hydrogen-bond acceptors (Lipinski definition) is 4. The molecule has 2 N–H and O–H groups in total. The molecule has 0 saturated carbocycles. The first-order valence-electron chi connectivity index (χ1n) is 7.04. The molecule has 1 aliphatic carbocycles. The average Bonchev–Trinajstić information content (AvgIpc) is 2.47. The number of quaternary nitrogens is 1. The first-order chi connectivity index (χ1) is 9.69. The fourth-order valence-electron chi connectivity index (χ4n) is 2.23. The van der Waals surface area contributed by atoms with Gasteiger partial charge in [0.1, 0.15) is 12.1 Å². The van der Waals surface area contributed by atoms with Crippen LogP contribution in [0.4, 0.5) is 0 Å². The Morgan fingerprint density at radius 3 is 2.20 bits per heavy atom. The molecule has 0 aliphatic heterocycles. The molecule has 1 aromatic heterocycles. The van der Waals surface area contributed by atoms with Gasteiger partial charge in [0, 0.05) is 11.6 Å². The van der Waals surface area contributed by atoms with E-state index in [0.717, 1.165) is 31.2 Å². The van der Waals surface area contributed by atoms with Crippen molar-refractivity contribution in [3.8, 4) is 18.0 Å². The van der Waals surface area contributed by atoms with E-state index < -0.39 is 5.88 Å². The molecule has 0 unspecified atom stereocenters. The highest BCUT2D eigenvalue weighted by atomic mass is 16.3. The van der Waals surface area contributed by atoms with Gasteiger partial charge in [0.05, 0.1) is 24.2 Å². The Morgan fingerprint density at radius 2 is 1.70 bits per heavy atom. The molecule has 0 amide bonds. The van der Waals surface area contributed by atoms with E-state index in [1.54, 1.807) is 6.07 Å². The van der Waals surface area contributed by atoms with Gasteiger partial charge in [-0.25, -0.2) is 0 Å². The third-order valence-corrected chi connectivity index (χ3v) is 3.24. The first-order valence-corrected chi connectivity index (χ1v) is 7.04. The molecule has 0 atom stereocenters. The number of aryl methyl sites for hydroxylation is 1. The molecular weight excluding hydrogens is 252 g/mol. The zero-order valence-corrected chi connectivity index (χ0v) is 12.1. The number of nitriles is 2. The predicted molar refractivity (Wildman–Crippen MR) is 72.8 cm³/mol. The van der Waals surface area contributed by atoms with Crippen molar-refractivity contribution in [1.82, 2.24) is 4.98 Å². The number of fused-ring (bicyclic) bond motifs is 1. The maximum absolute atomic E-state index is 11.4. The molecule has 2 rings (SSSR count). The molecular formula is C15H20N4O. The van der Waals surface area contributed by atoms with Gasteiger partial charge in [0.2, 0.25) is 0 Å². The van der Waals surface area contributed by atoms with Gasteiger partial charge in [-0.1, -0.05) is 0 Å². The van der Waals surface area contributed by atoms with Gasteiger partial charge >= 0.3 is 0 Å². The van der Waals surface area contributed by atoms with Crippen LogP contribution in [0.25, 0.3) is 0 Å². The van der Waals surface area contributed by atoms with Crippen LogP contribution in [0, 0.1) is 22.7 Å². The van der Waals surface area contributed by atoms with E-state index in [0.29, 0.717) is 5.69 Å². The number of hydrogen-bond donors (Lipinski definition) is 1. The maximum atomic E-state index is 11.4. The van der Waals surface area contributed by atoms with Crippen molar-refractivity contribution in [1.29, 1.82) is 10.5 Å². The summed E-state index contributed by atoms with van der Waals surface area (Å²) in [5.41, 5.74) is 1.66. The van der Waals surface area contributed by atoms with Crippen LogP contribution < -0.4 is 10.4 Å². The van der Waals surface area contributed by atoms with Crippen LogP contribution >= 0.6 is 0 Å². The normalized spacial score (nSPS) is 12.4. The van der Waals surface area contributed by atoms with Gasteiger partial charge in [-0.2, -0.15) is 10.5 Å². The van der Waals surface area contributed by atoms with Crippen LogP contribution in [-0.2, 0) is 12.8 Å². The van der Waals surface area contributed by atoms with Crippen molar-refractivity contribution in [3.63, 3.8) is 0 Å². The largest absolute Gasteiger partial charge is 0.858 e. The maximum Gasteiger partial charge on any atom is 0.102 e. The van der Waals surface area contributed by atoms with Crippen LogP contribution in [0.3, 0.4) is 0 Å². The lowest BCUT2D eigenvalue weighted by Crippen LogP contribution is -2.82. The van der Waals surface area contributed by atoms with Gasteiger partial charge < -0.3 is 10.4 Å². The third kappa shape index (κ3) is 3.69. The summed E-state index contributed by atoms with van der Waals surface area (Å²) in [6.45, 7) is 6.75. The zero-order chi connectivity index (χ0) is 15.0. The minimum absolute atomic E-state index is 0.0989. The van der Waals surface area contributed by atoms with E-state index in [1.807, 2.05) is 6.07 Å². The molecule has 0 radical (unpaired) electrons. The summed E-state index contributed by atoms with van der Waals surface area (Å²) in [5.74, 6) is -0.560. The van der Waals surface area contributed by atoms with E-state index in [2.05, 4.69) is 24.1 Å². The summed E-state index contributed by atoms with van der Waals surface area (Å²) in [5, 5.41) is 31.4. The van der Waals surface area contributed by atoms with Crippen molar-refractivity contribution in [2.75, 3.05) is 13.1 Å². The highest BCUT2D eigenvalue weighted by Crippen LogP contribution is 2.27. The van der Waals surface area contributed by atoms with Crippen LogP contribution in [0.15, 0.2) is 0 Å². The summed E-state index contributed by atoms with van der Waals surface area (Å²) in [6, 6.07) is 3.72. The van der Waals surface area contributed by atoms with E-state index in [1.165, 1.54) is 13.1 Å². The molecule has 1 heterocycles. The molecule has 1 aliphatic rings. The van der Waals surface area contributed by atoms with E-state index in [4.69, 9.17) is 10.5 Å². The van der Waals surface area contributed by atoms with Crippen molar-refractivity contribution in [2.45, 2.75) is 39.5 Å². The van der Waals surface area contributed by atoms with Gasteiger partial charge in [0.15, 0.2) is 0 Å². The molecule has 0 aromatic carbocycles. The van der Waals surface area contributed by atoms with Gasteiger partial charge in [0.25, 0.3) is 0 Å². The fourth-order valence-corrected chi connectivity index (χ4v) is 2.23. The number of nitrogens with zero attached hydrogens (tertiary/aromatic N) is 3. The lowest BCUT2D eigenvalue weighted by atomic mass is 9.90. The van der Waals surface area contributed by atoms with Crippen molar-refractivity contribution in [3.05, 3.63) is 22.4 Å². The number of pyridine rings is 1. The monoisotopic (exact) mass is 272 g/mol. The second-order valence-corrected chi connectivity index (χ2v) is 4.63. The van der Waals surface area contributed by atoms with Gasteiger partial charge in [-0.3, -0.25) is 4.98 Å². The van der Waals surface area contributed by atoms with Gasteiger partial charge in [-0.05, 0) is 45.1 Å². The zero-order valence-electron chi connectivity index (χ0n) is 12.1. The highest BCUT2D eigenvalue weighted by Gasteiger charge is 2.18. The Kier molecular flexibility index (Phi) is 6.49. The number of aromatic nitrogens is 1. The lowest BCUT2D eigenvalue weighted by molar-refractivity contribution is -0.648. The number of nitrogens with two attached hydrogens (primary N) is 1. The quantitative estimate of drug-likeness (QED) is 0.840. The summed E-state index contributed by atoms with van der Waals surface area (Å²) in [7, 11) is 0. The minimum atomic E-state index is -0.560. The molecule has 5 nitrogen and oxygen atoms in total. The minimum Gasteiger partial charge on any atom is -0.858 e.